The maximum Gasteiger partial charge on any atom is 0.417 e. The quantitative estimate of drug-likeness (QED) is 0.509. The summed E-state index contributed by atoms with van der Waals surface area (Å²) in [6.07, 6.45) is 2.46. The van der Waals surface area contributed by atoms with E-state index in [0.29, 0.717) is 19.0 Å². The highest BCUT2D eigenvalue weighted by Crippen LogP contribution is 2.29. The van der Waals surface area contributed by atoms with Gasteiger partial charge in [0, 0.05) is 6.54 Å². The summed E-state index contributed by atoms with van der Waals surface area (Å²) in [5, 5.41) is 10.6. The lowest BCUT2D eigenvalue weighted by atomic mass is 9.82. The van der Waals surface area contributed by atoms with Crippen molar-refractivity contribution in [3.05, 3.63) is 0 Å². The number of hydrogen-bond donors (Lipinski definition) is 3. The van der Waals surface area contributed by atoms with Gasteiger partial charge in [-0.05, 0) is 85.6 Å². The van der Waals surface area contributed by atoms with E-state index in [0.717, 1.165) is 25.7 Å². The van der Waals surface area contributed by atoms with E-state index >= 15 is 0 Å². The summed E-state index contributed by atoms with van der Waals surface area (Å²) in [5.41, 5.74) is 4.35. The van der Waals surface area contributed by atoms with Gasteiger partial charge in [-0.25, -0.2) is 14.5 Å². The molecule has 0 bridgehead atoms. The van der Waals surface area contributed by atoms with Gasteiger partial charge in [0.2, 0.25) is 5.96 Å². The molecule has 2 amide bonds. The minimum Gasteiger partial charge on any atom is -0.444 e. The van der Waals surface area contributed by atoms with Crippen molar-refractivity contribution in [1.82, 2.24) is 10.2 Å². The lowest BCUT2D eigenvalue weighted by Crippen LogP contribution is -2.51. The monoisotopic (exact) mass is 384 g/mol. The normalized spacial score (nSPS) is 20.6. The molecule has 0 aromatic carbocycles. The Morgan fingerprint density at radius 1 is 1.00 bits per heavy atom. The molecule has 1 aliphatic rings. The van der Waals surface area contributed by atoms with Crippen LogP contribution in [0.2, 0.25) is 0 Å². The van der Waals surface area contributed by atoms with E-state index in [1.807, 2.05) is 0 Å². The highest BCUT2D eigenvalue weighted by atomic mass is 16.6. The summed E-state index contributed by atoms with van der Waals surface area (Å²) in [7, 11) is 0. The lowest BCUT2D eigenvalue weighted by molar-refractivity contribution is 0.0324. The topological polar surface area (TPSA) is 118 Å². The predicted molar refractivity (Wildman–Crippen MR) is 105 cm³/mol. The Morgan fingerprint density at radius 2 is 1.48 bits per heavy atom. The summed E-state index contributed by atoms with van der Waals surface area (Å²) < 4.78 is 10.6. The van der Waals surface area contributed by atoms with Crippen molar-refractivity contribution < 1.29 is 19.1 Å². The van der Waals surface area contributed by atoms with Crippen molar-refractivity contribution in [2.75, 3.05) is 13.1 Å². The van der Waals surface area contributed by atoms with Gasteiger partial charge in [0.15, 0.2) is 0 Å². The molecule has 0 spiro atoms. The molecule has 0 heterocycles. The summed E-state index contributed by atoms with van der Waals surface area (Å²) in [4.78, 5) is 25.8. The first-order valence-corrected chi connectivity index (χ1v) is 9.60. The van der Waals surface area contributed by atoms with E-state index in [9.17, 15) is 9.59 Å². The van der Waals surface area contributed by atoms with E-state index in [4.69, 9.17) is 20.6 Å². The largest absolute Gasteiger partial charge is 0.444 e. The zero-order valence-corrected chi connectivity index (χ0v) is 17.6. The van der Waals surface area contributed by atoms with Gasteiger partial charge < -0.3 is 15.2 Å². The number of carbonyl (C=O) groups excluding carboxylic acids is 2. The minimum atomic E-state index is -0.770. The van der Waals surface area contributed by atoms with Crippen LogP contribution in [0, 0.1) is 17.2 Å². The van der Waals surface area contributed by atoms with Crippen molar-refractivity contribution in [3.8, 4) is 0 Å². The fraction of sp³-hybridized carbons (Fsp3) is 0.842. The molecule has 0 unspecified atom stereocenters. The molecule has 1 rings (SSSR count). The maximum absolute atomic E-state index is 12.6. The van der Waals surface area contributed by atoms with Crippen LogP contribution in [0.5, 0.6) is 0 Å². The smallest absolute Gasteiger partial charge is 0.417 e. The molecule has 8 nitrogen and oxygen atoms in total. The zero-order valence-electron chi connectivity index (χ0n) is 17.6. The van der Waals surface area contributed by atoms with Gasteiger partial charge in [-0.1, -0.05) is 0 Å². The Balaban J connectivity index is 2.79. The van der Waals surface area contributed by atoms with Crippen molar-refractivity contribution in [1.29, 1.82) is 5.41 Å². The second-order valence-electron chi connectivity index (χ2n) is 9.19. The second-order valence-corrected chi connectivity index (χ2v) is 9.19. The van der Waals surface area contributed by atoms with Gasteiger partial charge in [-0.2, -0.15) is 0 Å². The molecule has 0 radical (unpaired) electrons. The molecule has 0 aromatic heterocycles. The first-order chi connectivity index (χ1) is 12.3. The fourth-order valence-corrected chi connectivity index (χ4v) is 2.95. The number of rotatable bonds is 3. The van der Waals surface area contributed by atoms with Gasteiger partial charge in [0.25, 0.3) is 0 Å². The summed E-state index contributed by atoms with van der Waals surface area (Å²) in [6, 6.07) is 0. The molecule has 0 saturated heterocycles. The highest BCUT2D eigenvalue weighted by Gasteiger charge is 2.31. The van der Waals surface area contributed by atoms with E-state index in [2.05, 4.69) is 5.32 Å². The lowest BCUT2D eigenvalue weighted by Gasteiger charge is -2.33. The third-order valence-electron chi connectivity index (χ3n) is 4.24. The van der Waals surface area contributed by atoms with Crippen molar-refractivity contribution in [2.24, 2.45) is 17.6 Å². The van der Waals surface area contributed by atoms with Crippen LogP contribution in [0.3, 0.4) is 0 Å². The molecule has 156 valence electrons. The van der Waals surface area contributed by atoms with Crippen LogP contribution in [0.15, 0.2) is 0 Å². The number of hydrogen-bond acceptors (Lipinski definition) is 6. The fourth-order valence-electron chi connectivity index (χ4n) is 2.95. The molecular weight excluding hydrogens is 348 g/mol. The SMILES string of the molecule is CC(C)(C)OC(=O)NC(=N)N(CC1CCC(CN)CC1)C(=O)OC(C)(C)C. The van der Waals surface area contributed by atoms with Crippen LogP contribution in [-0.2, 0) is 9.47 Å². The summed E-state index contributed by atoms with van der Waals surface area (Å²) in [6.45, 7) is 11.5. The predicted octanol–water partition coefficient (Wildman–Crippen LogP) is 3.45. The molecule has 0 aliphatic heterocycles. The molecule has 8 heteroatoms. The van der Waals surface area contributed by atoms with Gasteiger partial charge in [0.05, 0.1) is 0 Å². The molecule has 27 heavy (non-hydrogen) atoms. The molecule has 4 N–H and O–H groups in total. The summed E-state index contributed by atoms with van der Waals surface area (Å²) >= 11 is 0. The van der Waals surface area contributed by atoms with Crippen LogP contribution in [-0.4, -0.2) is 47.3 Å². The standard InChI is InChI=1S/C19H36N4O4/c1-18(2,3)26-16(24)22-15(21)23(17(25)27-19(4,5)6)12-14-9-7-13(11-20)8-10-14/h13-14H,7-12,20H2,1-6H3,(H2,21,22,24). The van der Waals surface area contributed by atoms with Crippen molar-refractivity contribution in [2.45, 2.75) is 78.4 Å². The average Bonchev–Trinajstić information content (AvgIpc) is 2.49. The average molecular weight is 385 g/mol. The Kier molecular flexibility index (Phi) is 8.07. The molecule has 1 aliphatic carbocycles. The van der Waals surface area contributed by atoms with E-state index in [1.165, 1.54) is 4.90 Å². The van der Waals surface area contributed by atoms with Gasteiger partial charge in [0.1, 0.15) is 11.2 Å². The number of nitrogens with one attached hydrogen (secondary N) is 2. The third-order valence-corrected chi connectivity index (χ3v) is 4.24. The molecule has 1 saturated carbocycles. The Morgan fingerprint density at radius 3 is 1.93 bits per heavy atom. The van der Waals surface area contributed by atoms with Crippen LogP contribution in [0.25, 0.3) is 0 Å². The number of amides is 2. The zero-order chi connectivity index (χ0) is 20.8. The Labute approximate surface area is 162 Å². The van der Waals surface area contributed by atoms with Crippen LogP contribution < -0.4 is 11.1 Å². The van der Waals surface area contributed by atoms with E-state index in [-0.39, 0.29) is 11.9 Å². The van der Waals surface area contributed by atoms with Crippen LogP contribution in [0.4, 0.5) is 9.59 Å². The van der Waals surface area contributed by atoms with Crippen LogP contribution in [0.1, 0.15) is 67.2 Å². The Bertz CT molecular complexity index is 529. The molecule has 1 fully saturated rings. The van der Waals surface area contributed by atoms with Crippen molar-refractivity contribution >= 4 is 18.1 Å². The van der Waals surface area contributed by atoms with E-state index in [1.54, 1.807) is 41.5 Å². The number of guanidine groups is 1. The highest BCUT2D eigenvalue weighted by molar-refractivity contribution is 5.99. The number of alkyl carbamates (subject to hydrolysis) is 1. The van der Waals surface area contributed by atoms with Crippen molar-refractivity contribution in [3.63, 3.8) is 0 Å². The molecule has 0 aromatic rings. The molecule has 0 atom stereocenters. The first-order valence-electron chi connectivity index (χ1n) is 9.60. The van der Waals surface area contributed by atoms with E-state index < -0.39 is 23.4 Å². The van der Waals surface area contributed by atoms with Gasteiger partial charge >= 0.3 is 12.2 Å². The summed E-state index contributed by atoms with van der Waals surface area (Å²) in [5.74, 6) is 0.427. The van der Waals surface area contributed by atoms with Gasteiger partial charge in [-0.3, -0.25) is 10.7 Å². The number of ether oxygens (including phenoxy) is 2. The van der Waals surface area contributed by atoms with Gasteiger partial charge in [-0.15, -0.1) is 0 Å². The second kappa shape index (κ2) is 9.39. The number of carbonyl (C=O) groups is 2. The number of nitrogens with two attached hydrogens (primary N) is 1. The third kappa shape index (κ3) is 9.08. The Hall–Kier alpha value is -1.83. The molecular formula is C19H36N4O4. The maximum atomic E-state index is 12.6. The minimum absolute atomic E-state index is 0.237. The first kappa shape index (κ1) is 23.2. The number of nitrogens with zero attached hydrogens (tertiary/aromatic N) is 1. The van der Waals surface area contributed by atoms with Crippen LogP contribution >= 0.6 is 0 Å².